The Morgan fingerprint density at radius 1 is 1.00 bits per heavy atom. The van der Waals surface area contributed by atoms with Crippen LogP contribution in [0.15, 0.2) is 30.3 Å². The molecule has 1 atom stereocenters. The smallest absolute Gasteiger partial charge is 0.0407 e. The third-order valence-electron chi connectivity index (χ3n) is 3.30. The molecule has 0 spiro atoms. The predicted molar refractivity (Wildman–Crippen MR) is 71.3 cm³/mol. The van der Waals surface area contributed by atoms with Crippen molar-refractivity contribution in [2.45, 2.75) is 52.5 Å². The van der Waals surface area contributed by atoms with Gasteiger partial charge < -0.3 is 5.73 Å². The molecule has 90 valence electrons. The van der Waals surface area contributed by atoms with Crippen LogP contribution in [0.25, 0.3) is 0 Å². The van der Waals surface area contributed by atoms with E-state index in [0.29, 0.717) is 5.41 Å². The van der Waals surface area contributed by atoms with Gasteiger partial charge in [0.2, 0.25) is 0 Å². The van der Waals surface area contributed by atoms with Gasteiger partial charge >= 0.3 is 0 Å². The molecule has 0 aromatic heterocycles. The quantitative estimate of drug-likeness (QED) is 0.811. The maximum Gasteiger partial charge on any atom is 0.0407 e. The summed E-state index contributed by atoms with van der Waals surface area (Å²) < 4.78 is 0. The van der Waals surface area contributed by atoms with Gasteiger partial charge in [-0.05, 0) is 30.2 Å². The van der Waals surface area contributed by atoms with Crippen molar-refractivity contribution < 1.29 is 0 Å². The zero-order chi connectivity index (χ0) is 12.2. The molecule has 0 aliphatic rings. The van der Waals surface area contributed by atoms with Gasteiger partial charge in [0.15, 0.2) is 0 Å². The van der Waals surface area contributed by atoms with Crippen molar-refractivity contribution in [3.05, 3.63) is 35.9 Å². The lowest BCUT2D eigenvalue weighted by atomic mass is 9.78. The second-order valence-corrected chi connectivity index (χ2v) is 5.94. The average molecular weight is 219 g/mol. The zero-order valence-corrected chi connectivity index (χ0v) is 11.1. The van der Waals surface area contributed by atoms with Crippen LogP contribution in [0.1, 0.15) is 52.5 Å². The molecular formula is C15H25N. The summed E-state index contributed by atoms with van der Waals surface area (Å²) in [6.07, 6.45) is 3.20. The monoisotopic (exact) mass is 219 g/mol. The van der Waals surface area contributed by atoms with Crippen molar-refractivity contribution in [1.82, 2.24) is 0 Å². The van der Waals surface area contributed by atoms with Crippen molar-refractivity contribution in [1.29, 1.82) is 0 Å². The molecule has 1 heteroatoms. The minimum Gasteiger partial charge on any atom is -0.321 e. The summed E-state index contributed by atoms with van der Waals surface area (Å²) in [7, 11) is 0. The molecule has 0 radical (unpaired) electrons. The third-order valence-corrected chi connectivity index (χ3v) is 3.30. The molecule has 2 N–H and O–H groups in total. The van der Waals surface area contributed by atoms with Gasteiger partial charge in [0.1, 0.15) is 0 Å². The lowest BCUT2D eigenvalue weighted by Crippen LogP contribution is -2.36. The van der Waals surface area contributed by atoms with Gasteiger partial charge in [-0.25, -0.2) is 0 Å². The van der Waals surface area contributed by atoms with Crippen molar-refractivity contribution in [3.8, 4) is 0 Å². The summed E-state index contributed by atoms with van der Waals surface area (Å²) >= 11 is 0. The molecule has 0 aliphatic carbocycles. The standard InChI is InChI=1S/C15H25N/c1-5-15(16,12-11-14(2,3)4)13-9-7-6-8-10-13/h6-10H,5,11-12,16H2,1-4H3. The Kier molecular flexibility index (Phi) is 4.15. The number of hydrogen-bond donors (Lipinski definition) is 1. The van der Waals surface area contributed by atoms with Crippen molar-refractivity contribution in [2.75, 3.05) is 0 Å². The normalized spacial score (nSPS) is 15.8. The highest BCUT2D eigenvalue weighted by Gasteiger charge is 2.26. The van der Waals surface area contributed by atoms with Gasteiger partial charge in [0.25, 0.3) is 0 Å². The summed E-state index contributed by atoms with van der Waals surface area (Å²) in [5.74, 6) is 0. The van der Waals surface area contributed by atoms with E-state index in [0.717, 1.165) is 19.3 Å². The average Bonchev–Trinajstić information content (AvgIpc) is 2.26. The molecule has 1 aromatic rings. The van der Waals surface area contributed by atoms with E-state index in [1.165, 1.54) is 5.56 Å². The van der Waals surface area contributed by atoms with Gasteiger partial charge in [-0.3, -0.25) is 0 Å². The van der Waals surface area contributed by atoms with E-state index in [-0.39, 0.29) is 5.54 Å². The lowest BCUT2D eigenvalue weighted by molar-refractivity contribution is 0.287. The fraction of sp³-hybridized carbons (Fsp3) is 0.600. The van der Waals surface area contributed by atoms with Crippen molar-refractivity contribution in [3.63, 3.8) is 0 Å². The molecule has 1 unspecified atom stereocenters. The fourth-order valence-electron chi connectivity index (χ4n) is 1.89. The second-order valence-electron chi connectivity index (χ2n) is 5.94. The topological polar surface area (TPSA) is 26.0 Å². The Labute approximate surface area is 100 Å². The Morgan fingerprint density at radius 2 is 1.56 bits per heavy atom. The van der Waals surface area contributed by atoms with Crippen LogP contribution >= 0.6 is 0 Å². The van der Waals surface area contributed by atoms with E-state index >= 15 is 0 Å². The Bertz CT molecular complexity index is 310. The summed E-state index contributed by atoms with van der Waals surface area (Å²) in [5.41, 5.74) is 7.99. The lowest BCUT2D eigenvalue weighted by Gasteiger charge is -2.32. The highest BCUT2D eigenvalue weighted by Crippen LogP contribution is 2.32. The first-order chi connectivity index (χ1) is 7.37. The van der Waals surface area contributed by atoms with Gasteiger partial charge in [0.05, 0.1) is 0 Å². The number of rotatable bonds is 4. The van der Waals surface area contributed by atoms with Gasteiger partial charge in [-0.15, -0.1) is 0 Å². The van der Waals surface area contributed by atoms with Crippen LogP contribution in [-0.2, 0) is 5.54 Å². The van der Waals surface area contributed by atoms with Crippen LogP contribution in [0.4, 0.5) is 0 Å². The molecule has 0 aliphatic heterocycles. The van der Waals surface area contributed by atoms with E-state index in [9.17, 15) is 0 Å². The van der Waals surface area contributed by atoms with E-state index in [1.54, 1.807) is 0 Å². The van der Waals surface area contributed by atoms with Gasteiger partial charge in [0, 0.05) is 5.54 Å². The van der Waals surface area contributed by atoms with Crippen LogP contribution in [0.2, 0.25) is 0 Å². The Hall–Kier alpha value is -0.820. The summed E-state index contributed by atoms with van der Waals surface area (Å²) in [6, 6.07) is 10.5. The van der Waals surface area contributed by atoms with Gasteiger partial charge in [-0.1, -0.05) is 58.0 Å². The van der Waals surface area contributed by atoms with Crippen LogP contribution in [0, 0.1) is 5.41 Å². The first-order valence-corrected chi connectivity index (χ1v) is 6.22. The van der Waals surface area contributed by atoms with Crippen LogP contribution < -0.4 is 5.73 Å². The highest BCUT2D eigenvalue weighted by atomic mass is 14.7. The van der Waals surface area contributed by atoms with Crippen LogP contribution in [0.3, 0.4) is 0 Å². The van der Waals surface area contributed by atoms with Crippen molar-refractivity contribution >= 4 is 0 Å². The third kappa shape index (κ3) is 3.64. The van der Waals surface area contributed by atoms with E-state index < -0.39 is 0 Å². The second kappa shape index (κ2) is 5.01. The molecule has 0 amide bonds. The SMILES string of the molecule is CCC(N)(CCC(C)(C)C)c1ccccc1. The van der Waals surface area contributed by atoms with Crippen LogP contribution in [0.5, 0.6) is 0 Å². The number of hydrogen-bond acceptors (Lipinski definition) is 1. The zero-order valence-electron chi connectivity index (χ0n) is 11.1. The predicted octanol–water partition coefficient (Wildman–Crippen LogP) is 4.08. The summed E-state index contributed by atoms with van der Waals surface area (Å²) in [5, 5.41) is 0. The van der Waals surface area contributed by atoms with E-state index in [4.69, 9.17) is 5.73 Å². The summed E-state index contributed by atoms with van der Waals surface area (Å²) in [6.45, 7) is 8.99. The van der Waals surface area contributed by atoms with E-state index in [2.05, 4.69) is 52.0 Å². The summed E-state index contributed by atoms with van der Waals surface area (Å²) in [4.78, 5) is 0. The van der Waals surface area contributed by atoms with Crippen LogP contribution in [-0.4, -0.2) is 0 Å². The number of benzene rings is 1. The first kappa shape index (κ1) is 13.2. The molecule has 0 saturated heterocycles. The molecule has 1 rings (SSSR count). The molecule has 1 nitrogen and oxygen atoms in total. The first-order valence-electron chi connectivity index (χ1n) is 6.22. The highest BCUT2D eigenvalue weighted by molar-refractivity contribution is 5.23. The number of nitrogens with two attached hydrogens (primary N) is 1. The molecule has 0 heterocycles. The Balaban J connectivity index is 2.79. The molecular weight excluding hydrogens is 194 g/mol. The maximum absolute atomic E-state index is 6.53. The van der Waals surface area contributed by atoms with E-state index in [1.807, 2.05) is 6.07 Å². The molecule has 0 fully saturated rings. The molecule has 0 saturated carbocycles. The molecule has 16 heavy (non-hydrogen) atoms. The molecule has 1 aromatic carbocycles. The fourth-order valence-corrected chi connectivity index (χ4v) is 1.89. The maximum atomic E-state index is 6.53. The minimum absolute atomic E-state index is 0.158. The minimum atomic E-state index is -0.158. The largest absolute Gasteiger partial charge is 0.321 e. The van der Waals surface area contributed by atoms with Gasteiger partial charge in [-0.2, -0.15) is 0 Å². The molecule has 0 bridgehead atoms. The van der Waals surface area contributed by atoms with Crippen molar-refractivity contribution in [2.24, 2.45) is 11.1 Å². The Morgan fingerprint density at radius 3 is 2.00 bits per heavy atom.